The molecule has 0 aliphatic heterocycles. The summed E-state index contributed by atoms with van der Waals surface area (Å²) < 4.78 is 0. The molecule has 0 amide bonds. The number of rotatable bonds is 3. The van der Waals surface area contributed by atoms with Crippen LogP contribution in [0.4, 0.5) is 0 Å². The fourth-order valence-electron chi connectivity index (χ4n) is 1.78. The van der Waals surface area contributed by atoms with Crippen LogP contribution < -0.4 is 0 Å². The van der Waals surface area contributed by atoms with Crippen LogP contribution in [0.15, 0.2) is 0 Å². The van der Waals surface area contributed by atoms with E-state index >= 15 is 0 Å². The van der Waals surface area contributed by atoms with E-state index in [0.717, 1.165) is 0 Å². The van der Waals surface area contributed by atoms with E-state index in [1.807, 2.05) is 0 Å². The molecule has 0 aromatic rings. The zero-order chi connectivity index (χ0) is 5.56. The first-order valence-corrected chi connectivity index (χ1v) is 3.93. The molecule has 0 heteroatoms. The lowest BCUT2D eigenvalue weighted by Crippen LogP contribution is -1.86. The molecule has 0 radical (unpaired) electrons. The Bertz CT molecular complexity index is 88.2. The molecule has 0 spiro atoms. The van der Waals surface area contributed by atoms with Gasteiger partial charge in [0.25, 0.3) is 0 Å². The van der Waals surface area contributed by atoms with Crippen molar-refractivity contribution in [2.45, 2.75) is 32.6 Å². The van der Waals surface area contributed by atoms with Crippen LogP contribution >= 0.6 is 0 Å². The zero-order valence-corrected chi connectivity index (χ0v) is 5.56. The summed E-state index contributed by atoms with van der Waals surface area (Å²) in [6, 6.07) is 0. The van der Waals surface area contributed by atoms with Crippen LogP contribution in [0.25, 0.3) is 0 Å². The fourth-order valence-corrected chi connectivity index (χ4v) is 1.78. The summed E-state index contributed by atoms with van der Waals surface area (Å²) in [7, 11) is 0. The van der Waals surface area contributed by atoms with Crippen LogP contribution in [0.2, 0.25) is 0 Å². The third kappa shape index (κ3) is 0.586. The van der Waals surface area contributed by atoms with Gasteiger partial charge in [0.1, 0.15) is 0 Å². The highest BCUT2D eigenvalue weighted by molar-refractivity contribution is 5.11. The lowest BCUT2D eigenvalue weighted by atomic mass is 10.1. The standard InChI is InChI=1S/C8H14/c1-2-3-4-6-7-5-8(6)7/h6-8H,2-5H2,1H3. The highest BCUT2D eigenvalue weighted by Gasteiger charge is 2.62. The van der Waals surface area contributed by atoms with Crippen molar-refractivity contribution in [2.24, 2.45) is 17.8 Å². The quantitative estimate of drug-likeness (QED) is 0.523. The van der Waals surface area contributed by atoms with Gasteiger partial charge >= 0.3 is 0 Å². The Labute approximate surface area is 51.3 Å². The van der Waals surface area contributed by atoms with Gasteiger partial charge in [0.15, 0.2) is 0 Å². The Morgan fingerprint density at radius 1 is 1.38 bits per heavy atom. The van der Waals surface area contributed by atoms with Crippen molar-refractivity contribution in [3.63, 3.8) is 0 Å². The van der Waals surface area contributed by atoms with Crippen molar-refractivity contribution in [1.29, 1.82) is 0 Å². The first-order chi connectivity index (χ1) is 3.93. The highest BCUT2D eigenvalue weighted by Crippen LogP contribution is 2.69. The maximum absolute atomic E-state index is 2.29. The maximum Gasteiger partial charge on any atom is -0.0349 e. The predicted molar refractivity (Wildman–Crippen MR) is 34.6 cm³/mol. The second kappa shape index (κ2) is 1.49. The Morgan fingerprint density at radius 3 is 2.50 bits per heavy atom. The minimum atomic E-state index is 1.22. The number of fused-ring (bicyclic) bond motifs is 1. The van der Waals surface area contributed by atoms with E-state index in [1.54, 1.807) is 12.8 Å². The van der Waals surface area contributed by atoms with E-state index in [0.29, 0.717) is 0 Å². The predicted octanol–water partition coefficient (Wildman–Crippen LogP) is 2.44. The lowest BCUT2D eigenvalue weighted by Gasteiger charge is -1.98. The molecule has 8 heavy (non-hydrogen) atoms. The van der Waals surface area contributed by atoms with Crippen LogP contribution in [0.5, 0.6) is 0 Å². The molecule has 0 bridgehead atoms. The first kappa shape index (κ1) is 4.84. The van der Waals surface area contributed by atoms with Crippen LogP contribution in [-0.2, 0) is 0 Å². The van der Waals surface area contributed by atoms with Gasteiger partial charge in [-0.05, 0) is 30.6 Å². The molecule has 2 aliphatic rings. The van der Waals surface area contributed by atoms with Crippen LogP contribution in [0, 0.1) is 17.8 Å². The average molecular weight is 110 g/mol. The molecule has 0 aromatic heterocycles. The SMILES string of the molecule is CCCCC1C2CC12. The zero-order valence-electron chi connectivity index (χ0n) is 5.56. The van der Waals surface area contributed by atoms with Gasteiger partial charge in [0.05, 0.1) is 0 Å². The number of hydrogen-bond donors (Lipinski definition) is 0. The first-order valence-electron chi connectivity index (χ1n) is 3.93. The molecular formula is C8H14. The smallest absolute Gasteiger partial charge is 0.0349 e. The Morgan fingerprint density at radius 2 is 2.12 bits per heavy atom. The molecule has 0 nitrogen and oxygen atoms in total. The number of unbranched alkanes of at least 4 members (excludes halogenated alkanes) is 1. The largest absolute Gasteiger partial charge is 0.0654 e. The van der Waals surface area contributed by atoms with Crippen molar-refractivity contribution in [3.8, 4) is 0 Å². The van der Waals surface area contributed by atoms with Crippen molar-refractivity contribution in [3.05, 3.63) is 0 Å². The Kier molecular flexibility index (Phi) is 0.902. The van der Waals surface area contributed by atoms with E-state index in [4.69, 9.17) is 0 Å². The molecule has 2 saturated carbocycles. The normalized spacial score (nSPS) is 48.4. The van der Waals surface area contributed by atoms with Gasteiger partial charge in [-0.3, -0.25) is 0 Å². The molecule has 2 atom stereocenters. The average Bonchev–Trinajstić information content (AvgIpc) is 2.50. The van der Waals surface area contributed by atoms with Crippen LogP contribution in [-0.4, -0.2) is 0 Å². The molecule has 0 aromatic carbocycles. The summed E-state index contributed by atoms with van der Waals surface area (Å²) in [5, 5.41) is 0. The molecule has 0 saturated heterocycles. The van der Waals surface area contributed by atoms with E-state index in [9.17, 15) is 0 Å². The van der Waals surface area contributed by atoms with Crippen molar-refractivity contribution in [1.82, 2.24) is 0 Å². The van der Waals surface area contributed by atoms with Crippen LogP contribution in [0.3, 0.4) is 0 Å². The Hall–Kier alpha value is 0. The molecule has 0 N–H and O–H groups in total. The van der Waals surface area contributed by atoms with E-state index in [2.05, 4.69) is 6.92 Å². The molecule has 0 heterocycles. The maximum atomic E-state index is 2.29. The topological polar surface area (TPSA) is 0 Å². The van der Waals surface area contributed by atoms with Gasteiger partial charge in [-0.2, -0.15) is 0 Å². The van der Waals surface area contributed by atoms with E-state index < -0.39 is 0 Å². The molecule has 2 fully saturated rings. The summed E-state index contributed by atoms with van der Waals surface area (Å²) in [6.45, 7) is 2.29. The van der Waals surface area contributed by atoms with Gasteiger partial charge in [0, 0.05) is 0 Å². The lowest BCUT2D eigenvalue weighted by molar-refractivity contribution is 0.534. The fraction of sp³-hybridized carbons (Fsp3) is 1.00. The number of hydrogen-bond acceptors (Lipinski definition) is 0. The summed E-state index contributed by atoms with van der Waals surface area (Å²) in [5.41, 5.74) is 0. The minimum absolute atomic E-state index is 1.22. The Balaban J connectivity index is 1.59. The van der Waals surface area contributed by atoms with Crippen LogP contribution in [0.1, 0.15) is 32.6 Å². The van der Waals surface area contributed by atoms with Gasteiger partial charge in [0.2, 0.25) is 0 Å². The van der Waals surface area contributed by atoms with Gasteiger partial charge in [-0.15, -0.1) is 0 Å². The second-order valence-electron chi connectivity index (χ2n) is 3.37. The van der Waals surface area contributed by atoms with Gasteiger partial charge in [-0.25, -0.2) is 0 Å². The van der Waals surface area contributed by atoms with Crippen molar-refractivity contribution >= 4 is 0 Å². The summed E-state index contributed by atoms with van der Waals surface area (Å²) in [4.78, 5) is 0. The third-order valence-electron chi connectivity index (χ3n) is 2.74. The molecule has 2 aliphatic carbocycles. The van der Waals surface area contributed by atoms with E-state index in [-0.39, 0.29) is 0 Å². The molecule has 2 unspecified atom stereocenters. The second-order valence-corrected chi connectivity index (χ2v) is 3.37. The van der Waals surface area contributed by atoms with Crippen molar-refractivity contribution < 1.29 is 0 Å². The highest BCUT2D eigenvalue weighted by atomic mass is 14.7. The molecular weight excluding hydrogens is 96.1 g/mol. The summed E-state index contributed by atoms with van der Waals surface area (Å²) >= 11 is 0. The minimum Gasteiger partial charge on any atom is -0.0654 e. The van der Waals surface area contributed by atoms with E-state index in [1.165, 1.54) is 30.6 Å². The molecule has 2 rings (SSSR count). The summed E-state index contributed by atoms with van der Waals surface area (Å²) in [6.07, 6.45) is 6.02. The summed E-state index contributed by atoms with van der Waals surface area (Å²) in [5.74, 6) is 3.69. The van der Waals surface area contributed by atoms with Crippen molar-refractivity contribution in [2.75, 3.05) is 0 Å². The molecule has 46 valence electrons. The third-order valence-corrected chi connectivity index (χ3v) is 2.74. The monoisotopic (exact) mass is 110 g/mol. The van der Waals surface area contributed by atoms with Gasteiger partial charge in [-0.1, -0.05) is 19.8 Å². The van der Waals surface area contributed by atoms with Gasteiger partial charge < -0.3 is 0 Å².